The smallest absolute Gasteiger partial charge is 0.287 e. The van der Waals surface area contributed by atoms with E-state index in [4.69, 9.17) is 4.42 Å². The molecule has 4 heterocycles. The molecule has 176 valence electrons. The zero-order valence-electron chi connectivity index (χ0n) is 19.2. The van der Waals surface area contributed by atoms with Crippen molar-refractivity contribution in [1.29, 1.82) is 0 Å². The highest BCUT2D eigenvalue weighted by molar-refractivity contribution is 8.00. The van der Waals surface area contributed by atoms with Gasteiger partial charge in [-0.1, -0.05) is 41.3 Å². The number of carbonyl (C=O) groups excluding carboxylic acids is 1. The molecule has 1 aromatic carbocycles. The fraction of sp³-hybridized carbons (Fsp3) is 0.333. The summed E-state index contributed by atoms with van der Waals surface area (Å²) in [4.78, 5) is 22.3. The molecule has 4 aromatic rings. The van der Waals surface area contributed by atoms with Crippen LogP contribution < -0.4 is 10.2 Å². The van der Waals surface area contributed by atoms with Crippen molar-refractivity contribution in [3.63, 3.8) is 0 Å². The Morgan fingerprint density at radius 3 is 2.79 bits per heavy atom. The van der Waals surface area contributed by atoms with Gasteiger partial charge in [0.05, 0.1) is 0 Å². The number of nitrogens with one attached hydrogen (secondary N) is 1. The summed E-state index contributed by atoms with van der Waals surface area (Å²) in [6.07, 6.45) is 1.81. The lowest BCUT2D eigenvalue weighted by atomic mass is 10.1. The van der Waals surface area contributed by atoms with Crippen molar-refractivity contribution in [2.75, 3.05) is 38.1 Å². The van der Waals surface area contributed by atoms with Crippen molar-refractivity contribution >= 4 is 45.8 Å². The SMILES string of the molecule is Cc1nnc(SCc2c(C(=O)NCc3ccnc(N4CCN(C)CC4)c3)oc3ccccc23)s1. The Morgan fingerprint density at radius 2 is 2.00 bits per heavy atom. The average molecular weight is 495 g/mol. The van der Waals surface area contributed by atoms with E-state index in [1.54, 1.807) is 23.1 Å². The molecular formula is C24H26N6O2S2. The summed E-state index contributed by atoms with van der Waals surface area (Å²) >= 11 is 3.11. The lowest BCUT2D eigenvalue weighted by Crippen LogP contribution is -2.44. The van der Waals surface area contributed by atoms with E-state index in [1.165, 1.54) is 0 Å². The molecular weight excluding hydrogens is 468 g/mol. The van der Waals surface area contributed by atoms with E-state index in [1.807, 2.05) is 43.5 Å². The van der Waals surface area contributed by atoms with Gasteiger partial charge in [0.2, 0.25) is 0 Å². The largest absolute Gasteiger partial charge is 0.451 e. The van der Waals surface area contributed by atoms with Gasteiger partial charge in [0, 0.05) is 55.6 Å². The molecule has 34 heavy (non-hydrogen) atoms. The molecule has 10 heteroatoms. The highest BCUT2D eigenvalue weighted by atomic mass is 32.2. The van der Waals surface area contributed by atoms with Gasteiger partial charge >= 0.3 is 0 Å². The van der Waals surface area contributed by atoms with Crippen LogP contribution in [0.25, 0.3) is 11.0 Å². The predicted octanol–water partition coefficient (Wildman–Crippen LogP) is 3.96. The minimum absolute atomic E-state index is 0.224. The number of furan rings is 1. The number of thioether (sulfide) groups is 1. The first kappa shape index (κ1) is 22.8. The quantitative estimate of drug-likeness (QED) is 0.386. The third kappa shape index (κ3) is 5.08. The maximum Gasteiger partial charge on any atom is 0.287 e. The van der Waals surface area contributed by atoms with Crippen LogP contribution in [0.5, 0.6) is 0 Å². The monoisotopic (exact) mass is 494 g/mol. The Bertz CT molecular complexity index is 1300. The molecule has 3 aromatic heterocycles. The second kappa shape index (κ2) is 10.1. The fourth-order valence-electron chi connectivity index (χ4n) is 3.94. The predicted molar refractivity (Wildman–Crippen MR) is 136 cm³/mol. The highest BCUT2D eigenvalue weighted by Gasteiger charge is 2.21. The Balaban J connectivity index is 1.30. The molecule has 0 radical (unpaired) electrons. The molecule has 1 N–H and O–H groups in total. The summed E-state index contributed by atoms with van der Waals surface area (Å²) < 4.78 is 6.87. The summed E-state index contributed by atoms with van der Waals surface area (Å²) in [5.74, 6) is 1.66. The second-order valence-electron chi connectivity index (χ2n) is 8.28. The number of amides is 1. The summed E-state index contributed by atoms with van der Waals surface area (Å²) in [7, 11) is 2.14. The zero-order valence-corrected chi connectivity index (χ0v) is 20.8. The minimum atomic E-state index is -0.224. The highest BCUT2D eigenvalue weighted by Crippen LogP contribution is 2.33. The maximum atomic E-state index is 13.2. The van der Waals surface area contributed by atoms with Crippen LogP contribution in [0.1, 0.15) is 26.7 Å². The molecule has 1 aliphatic rings. The third-order valence-corrected chi connectivity index (χ3v) is 7.84. The van der Waals surface area contributed by atoms with E-state index in [2.05, 4.69) is 43.4 Å². The number of para-hydroxylation sites is 1. The summed E-state index contributed by atoms with van der Waals surface area (Å²) in [6, 6.07) is 11.7. The van der Waals surface area contributed by atoms with E-state index < -0.39 is 0 Å². The van der Waals surface area contributed by atoms with Gasteiger partial charge in [0.1, 0.15) is 16.4 Å². The van der Waals surface area contributed by atoms with Crippen LogP contribution in [0.2, 0.25) is 0 Å². The van der Waals surface area contributed by atoms with Crippen LogP contribution in [-0.2, 0) is 12.3 Å². The molecule has 0 aliphatic carbocycles. The number of aromatic nitrogens is 3. The number of rotatable bonds is 7. The van der Waals surface area contributed by atoms with Gasteiger partial charge in [-0.3, -0.25) is 4.79 Å². The van der Waals surface area contributed by atoms with Crippen molar-refractivity contribution in [3.05, 3.63) is 64.5 Å². The van der Waals surface area contributed by atoms with Crippen LogP contribution >= 0.6 is 23.1 Å². The van der Waals surface area contributed by atoms with Crippen molar-refractivity contribution in [2.45, 2.75) is 23.6 Å². The van der Waals surface area contributed by atoms with Gasteiger partial charge in [-0.15, -0.1) is 10.2 Å². The van der Waals surface area contributed by atoms with E-state index >= 15 is 0 Å². The minimum Gasteiger partial charge on any atom is -0.451 e. The molecule has 1 saturated heterocycles. The Kier molecular flexibility index (Phi) is 6.80. The van der Waals surface area contributed by atoms with Crippen LogP contribution in [0.3, 0.4) is 0 Å². The number of nitrogens with zero attached hydrogens (tertiary/aromatic N) is 5. The molecule has 0 spiro atoms. The maximum absolute atomic E-state index is 13.2. The number of hydrogen-bond acceptors (Lipinski definition) is 9. The number of anilines is 1. The van der Waals surface area contributed by atoms with E-state index in [-0.39, 0.29) is 5.91 Å². The zero-order chi connectivity index (χ0) is 23.5. The fourth-order valence-corrected chi connectivity index (χ4v) is 5.78. The van der Waals surface area contributed by atoms with Crippen LogP contribution in [0, 0.1) is 6.92 Å². The molecule has 0 unspecified atom stereocenters. The molecule has 0 atom stereocenters. The number of hydrogen-bond donors (Lipinski definition) is 1. The normalized spacial score (nSPS) is 14.6. The lowest BCUT2D eigenvalue weighted by molar-refractivity contribution is 0.0924. The number of carbonyl (C=O) groups is 1. The van der Waals surface area contributed by atoms with Gasteiger partial charge in [-0.2, -0.15) is 0 Å². The Hall–Kier alpha value is -2.95. The first-order valence-electron chi connectivity index (χ1n) is 11.2. The molecule has 5 rings (SSSR count). The van der Waals surface area contributed by atoms with Crippen LogP contribution in [0.15, 0.2) is 51.4 Å². The first-order valence-corrected chi connectivity index (χ1v) is 13.0. The van der Waals surface area contributed by atoms with Crippen LogP contribution in [-0.4, -0.2) is 59.2 Å². The van der Waals surface area contributed by atoms with E-state index in [0.29, 0.717) is 23.6 Å². The van der Waals surface area contributed by atoms with Gasteiger partial charge in [-0.05, 0) is 37.7 Å². The van der Waals surface area contributed by atoms with Crippen molar-refractivity contribution in [2.24, 2.45) is 0 Å². The lowest BCUT2D eigenvalue weighted by Gasteiger charge is -2.33. The van der Waals surface area contributed by atoms with Gasteiger partial charge in [-0.25, -0.2) is 4.98 Å². The van der Waals surface area contributed by atoms with Crippen molar-refractivity contribution in [1.82, 2.24) is 25.4 Å². The molecule has 0 saturated carbocycles. The molecule has 1 amide bonds. The van der Waals surface area contributed by atoms with E-state index in [9.17, 15) is 4.79 Å². The van der Waals surface area contributed by atoms with Gasteiger partial charge < -0.3 is 19.5 Å². The van der Waals surface area contributed by atoms with Gasteiger partial charge in [0.15, 0.2) is 10.1 Å². The van der Waals surface area contributed by atoms with E-state index in [0.717, 1.165) is 57.9 Å². The first-order chi connectivity index (χ1) is 16.6. The summed E-state index contributed by atoms with van der Waals surface area (Å²) in [6.45, 7) is 6.28. The standard InChI is InChI=1S/C24H26N6O2S2/c1-16-27-28-24(34-16)33-15-19-18-5-3-4-6-20(18)32-22(19)23(31)26-14-17-7-8-25-21(13-17)30-11-9-29(2)10-12-30/h3-8,13H,9-12,14-15H2,1-2H3,(H,26,31). The number of pyridine rings is 1. The second-order valence-corrected chi connectivity index (χ2v) is 10.7. The van der Waals surface area contributed by atoms with Crippen LogP contribution in [0.4, 0.5) is 5.82 Å². The topological polar surface area (TPSA) is 87.4 Å². The molecule has 0 bridgehead atoms. The number of fused-ring (bicyclic) bond motifs is 1. The summed E-state index contributed by atoms with van der Waals surface area (Å²) in [5.41, 5.74) is 2.59. The van der Waals surface area contributed by atoms with Crippen molar-refractivity contribution in [3.8, 4) is 0 Å². The third-order valence-electron chi connectivity index (χ3n) is 5.84. The Labute approximate surface area is 206 Å². The molecule has 1 fully saturated rings. The number of piperazine rings is 1. The number of benzene rings is 1. The summed E-state index contributed by atoms with van der Waals surface area (Å²) in [5, 5.41) is 13.2. The Morgan fingerprint density at radius 1 is 1.18 bits per heavy atom. The number of aryl methyl sites for hydroxylation is 1. The molecule has 1 aliphatic heterocycles. The number of likely N-dealkylation sites (N-methyl/N-ethyl adjacent to an activating group) is 1. The average Bonchev–Trinajstić information content (AvgIpc) is 3.45. The molecule has 8 nitrogen and oxygen atoms in total. The van der Waals surface area contributed by atoms with Gasteiger partial charge in [0.25, 0.3) is 5.91 Å². The van der Waals surface area contributed by atoms with Crippen molar-refractivity contribution < 1.29 is 9.21 Å².